The van der Waals surface area contributed by atoms with Crippen LogP contribution in [-0.2, 0) is 27.9 Å². The largest absolute Gasteiger partial charge is 0.472 e. The number of phosphoric acid groups is 1. The highest BCUT2D eigenvalue weighted by Gasteiger charge is 2.25. The summed E-state index contributed by atoms with van der Waals surface area (Å²) in [6.07, 6.45) is 45.1. The van der Waals surface area contributed by atoms with Gasteiger partial charge >= 0.3 is 13.8 Å². The van der Waals surface area contributed by atoms with Crippen molar-refractivity contribution in [3.63, 3.8) is 0 Å². The molecule has 2 atom stereocenters. The van der Waals surface area contributed by atoms with E-state index in [0.717, 1.165) is 32.1 Å². The van der Waals surface area contributed by atoms with E-state index in [1.54, 1.807) is 0 Å². The molecule has 0 aliphatic rings. The van der Waals surface area contributed by atoms with Crippen LogP contribution in [0.5, 0.6) is 0 Å². The number of unbranched alkanes of at least 4 members (excludes halogenated alkanes) is 29. The molecule has 0 saturated heterocycles. The maximum absolute atomic E-state index is 12.6. The summed E-state index contributed by atoms with van der Waals surface area (Å²) in [5.41, 5.74) is 5.37. The van der Waals surface area contributed by atoms with Gasteiger partial charge in [0, 0.05) is 19.6 Å². The molecule has 0 heterocycles. The monoisotopic (exact) mass is 774 g/mol. The Labute approximate surface area is 328 Å². The van der Waals surface area contributed by atoms with E-state index in [9.17, 15) is 14.3 Å². The first-order valence-electron chi connectivity index (χ1n) is 22.7. The van der Waals surface area contributed by atoms with Gasteiger partial charge in [0.25, 0.3) is 0 Å². The van der Waals surface area contributed by atoms with Gasteiger partial charge in [-0.3, -0.25) is 13.8 Å². The SMILES string of the molecule is CCCCCCC/C=C\CCCCCCCCOCC(COP(=O)(O)OCCN)OC(=O)CCCCCCCCCCCCCCCCCCCCC. The van der Waals surface area contributed by atoms with Crippen LogP contribution in [0.3, 0.4) is 0 Å². The van der Waals surface area contributed by atoms with E-state index in [0.29, 0.717) is 13.0 Å². The third-order valence-corrected chi connectivity index (χ3v) is 10.9. The Kier molecular flexibility index (Phi) is 41.8. The van der Waals surface area contributed by atoms with Gasteiger partial charge in [0.15, 0.2) is 0 Å². The van der Waals surface area contributed by atoms with Crippen LogP contribution in [0.1, 0.15) is 226 Å². The van der Waals surface area contributed by atoms with Gasteiger partial charge in [0.2, 0.25) is 0 Å². The van der Waals surface area contributed by atoms with Crippen LogP contribution in [0.4, 0.5) is 0 Å². The number of hydrogen-bond acceptors (Lipinski definition) is 7. The molecule has 0 aliphatic heterocycles. The first kappa shape index (κ1) is 52.2. The fourth-order valence-electron chi connectivity index (χ4n) is 6.58. The Morgan fingerprint density at radius 3 is 1.38 bits per heavy atom. The van der Waals surface area contributed by atoms with Crippen LogP contribution >= 0.6 is 7.82 Å². The zero-order chi connectivity index (χ0) is 38.8. The van der Waals surface area contributed by atoms with Crippen molar-refractivity contribution in [1.82, 2.24) is 0 Å². The second-order valence-corrected chi connectivity index (χ2v) is 16.7. The number of nitrogens with two attached hydrogens (primary N) is 1. The lowest BCUT2D eigenvalue weighted by molar-refractivity contribution is -0.154. The molecule has 9 heteroatoms. The summed E-state index contributed by atoms with van der Waals surface area (Å²) in [6, 6.07) is 0. The van der Waals surface area contributed by atoms with Crippen molar-refractivity contribution in [1.29, 1.82) is 0 Å². The fraction of sp³-hybridized carbons (Fsp3) is 0.932. The number of carbonyl (C=O) groups excluding carboxylic acids is 1. The van der Waals surface area contributed by atoms with Crippen molar-refractivity contribution in [3.8, 4) is 0 Å². The number of hydrogen-bond donors (Lipinski definition) is 2. The van der Waals surface area contributed by atoms with Crippen LogP contribution in [-0.4, -0.2) is 49.9 Å². The first-order valence-corrected chi connectivity index (χ1v) is 24.2. The number of rotatable bonds is 44. The molecule has 0 amide bonds. The molecule has 0 bridgehead atoms. The number of ether oxygens (including phenoxy) is 2. The maximum atomic E-state index is 12.6. The quantitative estimate of drug-likeness (QED) is 0.0272. The molecule has 0 saturated carbocycles. The summed E-state index contributed by atoms with van der Waals surface area (Å²) in [4.78, 5) is 22.5. The lowest BCUT2D eigenvalue weighted by Crippen LogP contribution is -2.28. The van der Waals surface area contributed by atoms with Gasteiger partial charge < -0.3 is 20.1 Å². The third kappa shape index (κ3) is 42.2. The molecule has 8 nitrogen and oxygen atoms in total. The summed E-state index contributed by atoms with van der Waals surface area (Å²) in [7, 11) is -4.27. The predicted octanol–water partition coefficient (Wildman–Crippen LogP) is 13.5. The van der Waals surface area contributed by atoms with Crippen molar-refractivity contribution in [2.75, 3.05) is 33.0 Å². The van der Waals surface area contributed by atoms with Gasteiger partial charge in [0.1, 0.15) is 6.10 Å². The third-order valence-electron chi connectivity index (χ3n) is 9.93. The van der Waals surface area contributed by atoms with Gasteiger partial charge in [-0.05, 0) is 38.5 Å². The normalized spacial score (nSPS) is 13.5. The van der Waals surface area contributed by atoms with Crippen molar-refractivity contribution in [3.05, 3.63) is 12.2 Å². The minimum atomic E-state index is -4.27. The van der Waals surface area contributed by atoms with E-state index in [2.05, 4.69) is 26.0 Å². The van der Waals surface area contributed by atoms with Crippen molar-refractivity contribution in [2.45, 2.75) is 232 Å². The Bertz CT molecular complexity index is 828. The van der Waals surface area contributed by atoms with Gasteiger partial charge in [0.05, 0.1) is 19.8 Å². The number of allylic oxidation sites excluding steroid dienone is 2. The number of carbonyl (C=O) groups is 1. The molecule has 0 rings (SSSR count). The molecule has 3 N–H and O–H groups in total. The highest BCUT2D eigenvalue weighted by molar-refractivity contribution is 7.47. The minimum absolute atomic E-state index is 0.0932. The smallest absolute Gasteiger partial charge is 0.457 e. The Balaban J connectivity index is 3.97. The van der Waals surface area contributed by atoms with Crippen LogP contribution in [0, 0.1) is 0 Å². The maximum Gasteiger partial charge on any atom is 0.472 e. The summed E-state index contributed by atoms with van der Waals surface area (Å²) in [6.45, 7) is 4.95. The van der Waals surface area contributed by atoms with Gasteiger partial charge in [-0.1, -0.05) is 193 Å². The zero-order valence-corrected chi connectivity index (χ0v) is 35.9. The summed E-state index contributed by atoms with van der Waals surface area (Å²) < 4.78 is 33.5. The summed E-state index contributed by atoms with van der Waals surface area (Å²) >= 11 is 0. The Morgan fingerprint density at radius 1 is 0.547 bits per heavy atom. The number of esters is 1. The highest BCUT2D eigenvalue weighted by Crippen LogP contribution is 2.43. The number of phosphoric ester groups is 1. The molecule has 0 aromatic rings. The van der Waals surface area contributed by atoms with Gasteiger partial charge in [-0.2, -0.15) is 0 Å². The van der Waals surface area contributed by atoms with Crippen molar-refractivity contribution >= 4 is 13.8 Å². The molecular formula is C44H88NO7P. The van der Waals surface area contributed by atoms with E-state index in [4.69, 9.17) is 24.3 Å². The molecule has 0 radical (unpaired) electrons. The average molecular weight is 774 g/mol. The fourth-order valence-corrected chi connectivity index (χ4v) is 7.35. The van der Waals surface area contributed by atoms with Crippen molar-refractivity contribution < 1.29 is 32.8 Å². The second-order valence-electron chi connectivity index (χ2n) is 15.3. The van der Waals surface area contributed by atoms with Crippen LogP contribution < -0.4 is 5.73 Å². The van der Waals surface area contributed by atoms with Crippen LogP contribution in [0.25, 0.3) is 0 Å². The van der Waals surface area contributed by atoms with E-state index in [1.165, 1.54) is 173 Å². The van der Waals surface area contributed by atoms with E-state index in [1.807, 2.05) is 0 Å². The molecular weight excluding hydrogens is 685 g/mol. The standard InChI is InChI=1S/C44H88NO7P/c1-3-5-7-9-11-13-15-17-19-20-21-22-23-25-27-29-31-33-35-37-44(46)52-43(42-51-53(47,48)50-40-38-45)41-49-39-36-34-32-30-28-26-24-18-16-14-12-10-8-6-4-2/h16,18,43H,3-15,17,19-42,45H2,1-2H3,(H,47,48)/b18-16-. The molecule has 0 spiro atoms. The average Bonchev–Trinajstić information content (AvgIpc) is 3.15. The molecule has 0 aromatic heterocycles. The Hall–Kier alpha value is -0.760. The van der Waals surface area contributed by atoms with Crippen LogP contribution in [0.15, 0.2) is 12.2 Å². The molecule has 53 heavy (non-hydrogen) atoms. The summed E-state index contributed by atoms with van der Waals surface area (Å²) in [5.74, 6) is -0.327. The minimum Gasteiger partial charge on any atom is -0.457 e. The van der Waals surface area contributed by atoms with Crippen molar-refractivity contribution in [2.24, 2.45) is 5.73 Å². The molecule has 0 aromatic carbocycles. The topological polar surface area (TPSA) is 117 Å². The lowest BCUT2D eigenvalue weighted by Gasteiger charge is -2.20. The van der Waals surface area contributed by atoms with Crippen LogP contribution in [0.2, 0.25) is 0 Å². The lowest BCUT2D eigenvalue weighted by atomic mass is 10.0. The van der Waals surface area contributed by atoms with E-state index >= 15 is 0 Å². The second kappa shape index (κ2) is 42.4. The van der Waals surface area contributed by atoms with E-state index < -0.39 is 13.9 Å². The van der Waals surface area contributed by atoms with Gasteiger partial charge in [-0.25, -0.2) is 4.57 Å². The summed E-state index contributed by atoms with van der Waals surface area (Å²) in [5, 5.41) is 0. The van der Waals surface area contributed by atoms with E-state index in [-0.39, 0.29) is 32.3 Å². The van der Waals surface area contributed by atoms with Gasteiger partial charge in [-0.15, -0.1) is 0 Å². The molecule has 0 fully saturated rings. The molecule has 0 aliphatic carbocycles. The molecule has 316 valence electrons. The predicted molar refractivity (Wildman–Crippen MR) is 224 cm³/mol. The first-order chi connectivity index (χ1) is 25.9. The highest BCUT2D eigenvalue weighted by atomic mass is 31.2. The molecule has 2 unspecified atom stereocenters. The Morgan fingerprint density at radius 2 is 0.943 bits per heavy atom. The zero-order valence-electron chi connectivity index (χ0n) is 35.0.